The van der Waals surface area contributed by atoms with Crippen molar-refractivity contribution in [1.29, 1.82) is 0 Å². The summed E-state index contributed by atoms with van der Waals surface area (Å²) in [6, 6.07) is 9.78. The lowest BCUT2D eigenvalue weighted by Crippen LogP contribution is -2.53. The van der Waals surface area contributed by atoms with E-state index in [1.165, 1.54) is 56.3 Å². The quantitative estimate of drug-likeness (QED) is 0.764. The zero-order valence-electron chi connectivity index (χ0n) is 10.9. The van der Waals surface area contributed by atoms with Crippen LogP contribution in [0.2, 0.25) is 0 Å². The Kier molecular flexibility index (Phi) is 3.19. The molecule has 0 radical (unpaired) electrons. The molecule has 1 aliphatic carbocycles. The number of hydrogen-bond acceptors (Lipinski definition) is 1. The molecule has 1 heterocycles. The van der Waals surface area contributed by atoms with Gasteiger partial charge in [0.1, 0.15) is 0 Å². The Bertz CT molecular complexity index is 385. The molecule has 0 bridgehead atoms. The third-order valence-corrected chi connectivity index (χ3v) is 4.71. The molecule has 2 aliphatic rings. The maximum atomic E-state index is 2.72. The van der Waals surface area contributed by atoms with E-state index in [2.05, 4.69) is 36.1 Å². The Labute approximate surface area is 105 Å². The molecule has 0 aromatic heterocycles. The van der Waals surface area contributed by atoms with E-state index in [4.69, 9.17) is 0 Å². The molecule has 0 amide bonds. The molecule has 3 rings (SSSR count). The molecule has 1 aromatic rings. The highest BCUT2D eigenvalue weighted by molar-refractivity contribution is 5.25. The highest BCUT2D eigenvalue weighted by Crippen LogP contribution is 2.38. The first kappa shape index (κ1) is 11.3. The van der Waals surface area contributed by atoms with Crippen LogP contribution in [0.5, 0.6) is 0 Å². The zero-order chi connectivity index (χ0) is 11.7. The number of fused-ring (bicyclic) bond motifs is 1. The maximum Gasteiger partial charge on any atom is 0.0136 e. The molecule has 1 aromatic carbocycles. The van der Waals surface area contributed by atoms with Gasteiger partial charge in [0.2, 0.25) is 0 Å². The molecule has 1 nitrogen and oxygen atoms in total. The summed E-state index contributed by atoms with van der Waals surface area (Å²) in [6.45, 7) is 4.93. The second kappa shape index (κ2) is 4.81. The third kappa shape index (κ3) is 2.26. The van der Waals surface area contributed by atoms with Gasteiger partial charge in [-0.15, -0.1) is 0 Å². The SMILES string of the molecule is Cc1ccccc1CCCN1CC2CCCC21. The van der Waals surface area contributed by atoms with Crippen LogP contribution in [0.4, 0.5) is 0 Å². The molecule has 1 aliphatic heterocycles. The van der Waals surface area contributed by atoms with Crippen molar-refractivity contribution >= 4 is 0 Å². The van der Waals surface area contributed by atoms with Crippen LogP contribution in [0.1, 0.15) is 36.8 Å². The van der Waals surface area contributed by atoms with Crippen LogP contribution in [0.3, 0.4) is 0 Å². The van der Waals surface area contributed by atoms with Gasteiger partial charge < -0.3 is 0 Å². The maximum absolute atomic E-state index is 2.72. The summed E-state index contributed by atoms with van der Waals surface area (Å²) in [7, 11) is 0. The van der Waals surface area contributed by atoms with Crippen LogP contribution in [0.15, 0.2) is 24.3 Å². The third-order valence-electron chi connectivity index (χ3n) is 4.71. The Balaban J connectivity index is 1.45. The van der Waals surface area contributed by atoms with Crippen molar-refractivity contribution in [3.63, 3.8) is 0 Å². The summed E-state index contributed by atoms with van der Waals surface area (Å²) < 4.78 is 0. The lowest BCUT2D eigenvalue weighted by Gasteiger charge is -2.44. The summed E-state index contributed by atoms with van der Waals surface area (Å²) in [5.41, 5.74) is 2.99. The smallest absolute Gasteiger partial charge is 0.0136 e. The van der Waals surface area contributed by atoms with Gasteiger partial charge in [0.05, 0.1) is 0 Å². The van der Waals surface area contributed by atoms with Crippen molar-refractivity contribution in [3.8, 4) is 0 Å². The van der Waals surface area contributed by atoms with Gasteiger partial charge in [-0.1, -0.05) is 30.7 Å². The lowest BCUT2D eigenvalue weighted by atomic mass is 9.91. The first-order valence-electron chi connectivity index (χ1n) is 7.13. The molecule has 17 heavy (non-hydrogen) atoms. The molecular weight excluding hydrogens is 206 g/mol. The van der Waals surface area contributed by atoms with Crippen molar-refractivity contribution in [2.75, 3.05) is 13.1 Å². The highest BCUT2D eigenvalue weighted by Gasteiger charge is 2.40. The topological polar surface area (TPSA) is 3.24 Å². The van der Waals surface area contributed by atoms with E-state index in [0.717, 1.165) is 12.0 Å². The van der Waals surface area contributed by atoms with Gasteiger partial charge in [-0.05, 0) is 56.2 Å². The van der Waals surface area contributed by atoms with Crippen molar-refractivity contribution in [1.82, 2.24) is 4.90 Å². The number of benzene rings is 1. The second-order valence-corrected chi connectivity index (χ2v) is 5.78. The van der Waals surface area contributed by atoms with Gasteiger partial charge >= 0.3 is 0 Å². The summed E-state index contributed by atoms with van der Waals surface area (Å²) in [4.78, 5) is 2.72. The van der Waals surface area contributed by atoms with Crippen LogP contribution in [0, 0.1) is 12.8 Å². The lowest BCUT2D eigenvalue weighted by molar-refractivity contribution is 0.0376. The van der Waals surface area contributed by atoms with Crippen LogP contribution < -0.4 is 0 Å². The zero-order valence-corrected chi connectivity index (χ0v) is 10.9. The number of likely N-dealkylation sites (tertiary alicyclic amines) is 1. The molecule has 0 spiro atoms. The standard InChI is InChI=1S/C16H23N/c1-13-6-2-3-7-14(13)9-5-11-17-12-15-8-4-10-16(15)17/h2-3,6-7,15-16H,4-5,8-12H2,1H3. The normalized spacial score (nSPS) is 27.8. The number of aryl methyl sites for hydroxylation is 2. The van der Waals surface area contributed by atoms with Crippen LogP contribution >= 0.6 is 0 Å². The monoisotopic (exact) mass is 229 g/mol. The fourth-order valence-electron chi connectivity index (χ4n) is 3.63. The van der Waals surface area contributed by atoms with Crippen LogP contribution in [-0.4, -0.2) is 24.0 Å². The van der Waals surface area contributed by atoms with E-state index in [1.807, 2.05) is 0 Å². The molecule has 2 atom stereocenters. The van der Waals surface area contributed by atoms with Gasteiger partial charge in [0.15, 0.2) is 0 Å². The van der Waals surface area contributed by atoms with Gasteiger partial charge in [-0.3, -0.25) is 4.90 Å². The Morgan fingerprint density at radius 1 is 1.24 bits per heavy atom. The van der Waals surface area contributed by atoms with Crippen molar-refractivity contribution in [2.45, 2.75) is 45.1 Å². The summed E-state index contributed by atoms with van der Waals surface area (Å²) in [5.74, 6) is 1.06. The van der Waals surface area contributed by atoms with E-state index in [9.17, 15) is 0 Å². The predicted molar refractivity (Wildman–Crippen MR) is 72.2 cm³/mol. The first-order chi connectivity index (χ1) is 8.34. The van der Waals surface area contributed by atoms with Crippen LogP contribution in [0.25, 0.3) is 0 Å². The number of nitrogens with zero attached hydrogens (tertiary/aromatic N) is 1. The Morgan fingerprint density at radius 3 is 2.94 bits per heavy atom. The molecule has 92 valence electrons. The molecule has 1 heteroatoms. The van der Waals surface area contributed by atoms with E-state index >= 15 is 0 Å². The van der Waals surface area contributed by atoms with Crippen LogP contribution in [-0.2, 0) is 6.42 Å². The van der Waals surface area contributed by atoms with E-state index in [1.54, 1.807) is 0 Å². The van der Waals surface area contributed by atoms with Gasteiger partial charge in [-0.25, -0.2) is 0 Å². The molecular formula is C16H23N. The summed E-state index contributed by atoms with van der Waals surface area (Å²) in [6.07, 6.45) is 7.02. The fraction of sp³-hybridized carbons (Fsp3) is 0.625. The minimum absolute atomic E-state index is 0.965. The molecule has 2 fully saturated rings. The van der Waals surface area contributed by atoms with Gasteiger partial charge in [0.25, 0.3) is 0 Å². The largest absolute Gasteiger partial charge is 0.300 e. The number of rotatable bonds is 4. The van der Waals surface area contributed by atoms with Crippen molar-refractivity contribution < 1.29 is 0 Å². The van der Waals surface area contributed by atoms with E-state index in [-0.39, 0.29) is 0 Å². The van der Waals surface area contributed by atoms with Crippen molar-refractivity contribution in [2.24, 2.45) is 5.92 Å². The fourth-order valence-corrected chi connectivity index (χ4v) is 3.63. The van der Waals surface area contributed by atoms with E-state index in [0.29, 0.717) is 0 Å². The minimum atomic E-state index is 0.965. The van der Waals surface area contributed by atoms with Gasteiger partial charge in [0, 0.05) is 12.6 Å². The molecule has 2 unspecified atom stereocenters. The molecule has 0 N–H and O–H groups in total. The first-order valence-corrected chi connectivity index (χ1v) is 7.13. The van der Waals surface area contributed by atoms with Gasteiger partial charge in [-0.2, -0.15) is 0 Å². The van der Waals surface area contributed by atoms with E-state index < -0.39 is 0 Å². The Morgan fingerprint density at radius 2 is 2.12 bits per heavy atom. The molecule has 1 saturated heterocycles. The highest BCUT2D eigenvalue weighted by atomic mass is 15.2. The molecule has 1 saturated carbocycles. The summed E-state index contributed by atoms with van der Waals surface area (Å²) >= 11 is 0. The Hall–Kier alpha value is -0.820. The predicted octanol–water partition coefficient (Wildman–Crippen LogP) is 3.41. The minimum Gasteiger partial charge on any atom is -0.300 e. The number of hydrogen-bond donors (Lipinski definition) is 0. The second-order valence-electron chi connectivity index (χ2n) is 5.78. The average Bonchev–Trinajstić information content (AvgIpc) is 2.68. The average molecular weight is 229 g/mol. The van der Waals surface area contributed by atoms with Crippen molar-refractivity contribution in [3.05, 3.63) is 35.4 Å². The summed E-state index contributed by atoms with van der Waals surface area (Å²) in [5, 5.41) is 0.